The number of nitrogens with zero attached hydrogens (tertiary/aromatic N) is 2. The van der Waals surface area contributed by atoms with Gasteiger partial charge in [-0.15, -0.1) is 0 Å². The van der Waals surface area contributed by atoms with E-state index in [0.29, 0.717) is 51.9 Å². The van der Waals surface area contributed by atoms with Gasteiger partial charge in [0.25, 0.3) is 11.8 Å². The largest absolute Gasteiger partial charge is 0.496 e. The Bertz CT molecular complexity index is 1730. The topological polar surface area (TPSA) is 105 Å². The van der Waals surface area contributed by atoms with Crippen LogP contribution in [0.15, 0.2) is 60.3 Å². The highest BCUT2D eigenvalue weighted by atomic mass is 35.5. The Hall–Kier alpha value is -4.00. The predicted molar refractivity (Wildman–Crippen MR) is 176 cm³/mol. The second kappa shape index (κ2) is 13.6. The van der Waals surface area contributed by atoms with Gasteiger partial charge in [-0.2, -0.15) is 0 Å². The van der Waals surface area contributed by atoms with Crippen LogP contribution in [0.4, 0.5) is 10.1 Å². The molecule has 0 aromatic heterocycles. The van der Waals surface area contributed by atoms with Crippen molar-refractivity contribution in [1.82, 2.24) is 15.1 Å². The van der Waals surface area contributed by atoms with Crippen molar-refractivity contribution in [2.45, 2.75) is 44.5 Å². The zero-order chi connectivity index (χ0) is 33.4. The highest BCUT2D eigenvalue weighted by Crippen LogP contribution is 2.41. The van der Waals surface area contributed by atoms with E-state index in [2.05, 4.69) is 10.6 Å². The molecule has 47 heavy (non-hydrogen) atoms. The number of ether oxygens (including phenoxy) is 4. The third kappa shape index (κ3) is 6.46. The fourth-order valence-corrected chi connectivity index (χ4v) is 6.55. The fraction of sp³-hybridized carbons (Fsp3) is 0.371. The number of halogens is 2. The third-order valence-electron chi connectivity index (χ3n) is 9.06. The van der Waals surface area contributed by atoms with Crippen molar-refractivity contribution in [3.63, 3.8) is 0 Å². The molecule has 0 bridgehead atoms. The number of hydrogen-bond donors (Lipinski definition) is 2. The van der Waals surface area contributed by atoms with Crippen molar-refractivity contribution in [2.24, 2.45) is 0 Å². The minimum atomic E-state index is -0.526. The SMILES string of the molecule is COc1cc(-c2cccc(-c3cccc(NC(=O)C4=CN(C)C5OC5N(C)C4=O)c3C)c2Cl)cc(F)c1CN[C@H]1CCOC[C@H]1OC. The number of epoxide rings is 1. The molecule has 3 heterocycles. The monoisotopic (exact) mass is 664 g/mol. The lowest BCUT2D eigenvalue weighted by Crippen LogP contribution is -2.47. The first-order chi connectivity index (χ1) is 22.6. The van der Waals surface area contributed by atoms with Crippen LogP contribution in [0.5, 0.6) is 5.75 Å². The van der Waals surface area contributed by atoms with Crippen molar-refractivity contribution >= 4 is 29.1 Å². The second-order valence-electron chi connectivity index (χ2n) is 11.9. The summed E-state index contributed by atoms with van der Waals surface area (Å²) in [5.74, 6) is -0.964. The highest BCUT2D eigenvalue weighted by molar-refractivity contribution is 6.36. The van der Waals surface area contributed by atoms with Crippen molar-refractivity contribution < 1.29 is 32.9 Å². The maximum atomic E-state index is 15.7. The summed E-state index contributed by atoms with van der Waals surface area (Å²) < 4.78 is 37.9. The lowest BCUT2D eigenvalue weighted by atomic mass is 9.94. The Labute approximate surface area is 278 Å². The smallest absolute Gasteiger partial charge is 0.262 e. The van der Waals surface area contributed by atoms with E-state index in [4.69, 9.17) is 30.5 Å². The van der Waals surface area contributed by atoms with Gasteiger partial charge in [-0.05, 0) is 48.2 Å². The van der Waals surface area contributed by atoms with Crippen molar-refractivity contribution in [3.05, 3.63) is 82.3 Å². The van der Waals surface area contributed by atoms with Crippen molar-refractivity contribution in [2.75, 3.05) is 46.8 Å². The number of anilines is 1. The first-order valence-corrected chi connectivity index (χ1v) is 15.8. The standard InChI is InChI=1S/C35H38ClFN4O6/c1-19-21(8-7-11-27(19)39-32(42)25-17-40(2)34-35(47-34)41(3)33(25)43)23-10-6-9-22(31(23)36)20-14-26(37)24(29(15-20)44-4)16-38-28-12-13-46-18-30(28)45-5/h6-11,14-15,17,28,30,34-35,38H,12-13,16,18H2,1-5H3,(H,39,42)/t28-,30+,34?,35?/m0/s1. The van der Waals surface area contributed by atoms with Gasteiger partial charge in [0, 0.05) is 69.0 Å². The zero-order valence-corrected chi connectivity index (χ0v) is 27.7. The Morgan fingerprint density at radius 3 is 2.60 bits per heavy atom. The molecule has 2 saturated heterocycles. The van der Waals surface area contributed by atoms with Gasteiger partial charge in [-0.25, -0.2) is 4.39 Å². The molecule has 3 aliphatic heterocycles. The number of fused-ring (bicyclic) bond motifs is 1. The number of carbonyl (C=O) groups excluding carboxylic acids is 2. The van der Waals surface area contributed by atoms with Crippen LogP contribution in [-0.4, -0.2) is 87.7 Å². The van der Waals surface area contributed by atoms with Gasteiger partial charge >= 0.3 is 0 Å². The number of rotatable bonds is 9. The zero-order valence-electron chi connectivity index (χ0n) is 26.9. The summed E-state index contributed by atoms with van der Waals surface area (Å²) in [6.45, 7) is 3.23. The number of amides is 2. The van der Waals surface area contributed by atoms with Crippen LogP contribution >= 0.6 is 11.6 Å². The fourth-order valence-electron chi connectivity index (χ4n) is 6.22. The van der Waals surface area contributed by atoms with Gasteiger partial charge in [0.15, 0.2) is 12.5 Å². The summed E-state index contributed by atoms with van der Waals surface area (Å²) in [6, 6.07) is 14.3. The number of carbonyl (C=O) groups is 2. The molecule has 0 radical (unpaired) electrons. The van der Waals surface area contributed by atoms with E-state index in [-0.39, 0.29) is 36.7 Å². The van der Waals surface area contributed by atoms with Gasteiger partial charge in [0.2, 0.25) is 0 Å². The van der Waals surface area contributed by atoms with Gasteiger partial charge in [0.1, 0.15) is 17.1 Å². The third-order valence-corrected chi connectivity index (χ3v) is 9.47. The minimum absolute atomic E-state index is 0.0107. The van der Waals surface area contributed by atoms with Crippen molar-refractivity contribution in [1.29, 1.82) is 0 Å². The molecule has 12 heteroatoms. The summed E-state index contributed by atoms with van der Waals surface area (Å²) in [6.07, 6.45) is 1.51. The molecule has 2 N–H and O–H groups in total. The molecule has 3 aromatic rings. The molecule has 6 rings (SSSR count). The Morgan fingerprint density at radius 1 is 1.09 bits per heavy atom. The van der Waals surface area contributed by atoms with E-state index < -0.39 is 17.6 Å². The highest BCUT2D eigenvalue weighted by Gasteiger charge is 2.50. The molecule has 248 valence electrons. The van der Waals surface area contributed by atoms with Crippen LogP contribution in [0.2, 0.25) is 5.02 Å². The summed E-state index contributed by atoms with van der Waals surface area (Å²) in [5, 5.41) is 6.72. The molecule has 3 aliphatic rings. The molecule has 0 aliphatic carbocycles. The maximum Gasteiger partial charge on any atom is 0.262 e. The van der Waals surface area contributed by atoms with Gasteiger partial charge in [0.05, 0.1) is 24.8 Å². The maximum absolute atomic E-state index is 15.7. The molecule has 2 unspecified atom stereocenters. The average molecular weight is 665 g/mol. The summed E-state index contributed by atoms with van der Waals surface area (Å²) >= 11 is 7.03. The van der Waals surface area contributed by atoms with Gasteiger partial charge in [-0.1, -0.05) is 41.9 Å². The molecule has 4 atom stereocenters. The van der Waals surface area contributed by atoms with Crippen LogP contribution in [0.3, 0.4) is 0 Å². The molecular weight excluding hydrogens is 627 g/mol. The summed E-state index contributed by atoms with van der Waals surface area (Å²) in [4.78, 5) is 29.5. The van der Waals surface area contributed by atoms with Crippen LogP contribution in [0.25, 0.3) is 22.3 Å². The molecule has 0 spiro atoms. The lowest BCUT2D eigenvalue weighted by molar-refractivity contribution is -0.129. The molecule has 0 saturated carbocycles. The van der Waals surface area contributed by atoms with Gasteiger partial charge in [-0.3, -0.25) is 9.59 Å². The van der Waals surface area contributed by atoms with E-state index in [1.807, 2.05) is 37.3 Å². The summed E-state index contributed by atoms with van der Waals surface area (Å²) in [5.41, 5.74) is 4.37. The van der Waals surface area contributed by atoms with Crippen molar-refractivity contribution in [3.8, 4) is 28.0 Å². The summed E-state index contributed by atoms with van der Waals surface area (Å²) in [7, 11) is 6.54. The molecular formula is C35H38ClFN4O6. The average Bonchev–Trinajstić information content (AvgIpc) is 3.89. The Balaban J connectivity index is 1.26. The van der Waals surface area contributed by atoms with Crippen LogP contribution in [0, 0.1) is 12.7 Å². The quantitative estimate of drug-likeness (QED) is 0.245. The minimum Gasteiger partial charge on any atom is -0.496 e. The number of benzene rings is 3. The van der Waals surface area contributed by atoms with Crippen LogP contribution < -0.4 is 15.4 Å². The number of likely N-dealkylation sites (N-methyl/N-ethyl adjacent to an activating group) is 2. The first kappa shape index (κ1) is 32.9. The van der Waals surface area contributed by atoms with E-state index in [1.54, 1.807) is 38.2 Å². The lowest BCUT2D eigenvalue weighted by Gasteiger charge is -2.31. The molecule has 2 fully saturated rings. The van der Waals surface area contributed by atoms with Crippen LogP contribution in [-0.2, 0) is 30.3 Å². The molecule has 2 amide bonds. The Kier molecular flexibility index (Phi) is 9.54. The van der Waals surface area contributed by atoms with E-state index in [1.165, 1.54) is 24.3 Å². The van der Waals surface area contributed by atoms with E-state index >= 15 is 4.39 Å². The first-order valence-electron chi connectivity index (χ1n) is 15.4. The predicted octanol–water partition coefficient (Wildman–Crippen LogP) is 4.93. The second-order valence-corrected chi connectivity index (χ2v) is 12.3. The number of hydrogen-bond acceptors (Lipinski definition) is 8. The normalized spacial score (nSPS) is 22.4. The molecule has 10 nitrogen and oxygen atoms in total. The Morgan fingerprint density at radius 2 is 1.83 bits per heavy atom. The van der Waals surface area contributed by atoms with Crippen LogP contribution in [0.1, 0.15) is 17.5 Å². The number of methoxy groups -OCH3 is 2. The van der Waals surface area contributed by atoms with E-state index in [9.17, 15) is 9.59 Å². The number of nitrogens with one attached hydrogen (secondary N) is 2. The van der Waals surface area contributed by atoms with E-state index in [0.717, 1.165) is 17.5 Å². The van der Waals surface area contributed by atoms with Gasteiger partial charge < -0.3 is 39.4 Å². The molecule has 3 aromatic carbocycles.